The zero-order valence-corrected chi connectivity index (χ0v) is 14.4. The Labute approximate surface area is 134 Å². The van der Waals surface area contributed by atoms with E-state index < -0.39 is 0 Å². The van der Waals surface area contributed by atoms with Crippen LogP contribution < -0.4 is 10.5 Å². The molecule has 0 saturated heterocycles. The van der Waals surface area contributed by atoms with E-state index in [0.29, 0.717) is 6.61 Å². The third-order valence-electron chi connectivity index (χ3n) is 3.33. The van der Waals surface area contributed by atoms with Crippen LogP contribution in [0.3, 0.4) is 0 Å². The van der Waals surface area contributed by atoms with Crippen molar-refractivity contribution in [3.8, 4) is 5.75 Å². The Kier molecular flexibility index (Phi) is 5.42. The summed E-state index contributed by atoms with van der Waals surface area (Å²) in [7, 11) is 1.95. The monoisotopic (exact) mass is 351 g/mol. The van der Waals surface area contributed by atoms with Crippen LogP contribution in [0.4, 0.5) is 0 Å². The summed E-state index contributed by atoms with van der Waals surface area (Å²) in [6.45, 7) is 4.61. The van der Waals surface area contributed by atoms with Crippen molar-refractivity contribution in [2.24, 2.45) is 12.8 Å². The van der Waals surface area contributed by atoms with Crippen LogP contribution in [0.2, 0.25) is 0 Å². The number of aryl methyl sites for hydroxylation is 2. The molecule has 2 aromatic rings. The zero-order chi connectivity index (χ0) is 15.4. The van der Waals surface area contributed by atoms with E-state index in [9.17, 15) is 0 Å². The molecular weight excluding hydrogens is 330 g/mol. The molecule has 0 aliphatic heterocycles. The molecular formula is C16H22BrN3O. The minimum absolute atomic E-state index is 0.102. The van der Waals surface area contributed by atoms with Gasteiger partial charge in [0.05, 0.1) is 11.4 Å². The normalized spacial score (nSPS) is 12.4. The maximum absolute atomic E-state index is 5.98. The number of hydrogen-bond donors (Lipinski definition) is 1. The first kappa shape index (κ1) is 16.0. The highest BCUT2D eigenvalue weighted by Gasteiger charge is 2.09. The van der Waals surface area contributed by atoms with E-state index in [-0.39, 0.29) is 6.04 Å². The van der Waals surface area contributed by atoms with Crippen LogP contribution in [0.15, 0.2) is 28.7 Å². The largest absolute Gasteiger partial charge is 0.487 e. The molecule has 0 fully saturated rings. The molecule has 21 heavy (non-hydrogen) atoms. The van der Waals surface area contributed by atoms with E-state index in [1.165, 1.54) is 0 Å². The third kappa shape index (κ3) is 4.32. The van der Waals surface area contributed by atoms with E-state index >= 15 is 0 Å². The molecule has 0 radical (unpaired) electrons. The summed E-state index contributed by atoms with van der Waals surface area (Å²) in [5.41, 5.74) is 9.19. The summed E-state index contributed by atoms with van der Waals surface area (Å²) in [6.07, 6.45) is 1.72. The Morgan fingerprint density at radius 3 is 2.76 bits per heavy atom. The minimum Gasteiger partial charge on any atom is -0.487 e. The van der Waals surface area contributed by atoms with E-state index in [0.717, 1.165) is 40.0 Å². The maximum atomic E-state index is 5.98. The van der Waals surface area contributed by atoms with Crippen LogP contribution in [0.25, 0.3) is 0 Å². The number of benzene rings is 1. The lowest BCUT2D eigenvalue weighted by Crippen LogP contribution is -2.18. The number of rotatable bonds is 6. The Hall–Kier alpha value is -1.33. The number of aromatic nitrogens is 2. The van der Waals surface area contributed by atoms with Crippen molar-refractivity contribution in [2.45, 2.75) is 39.3 Å². The quantitative estimate of drug-likeness (QED) is 0.869. The van der Waals surface area contributed by atoms with Gasteiger partial charge in [0.25, 0.3) is 0 Å². The molecule has 5 heteroatoms. The Balaban J connectivity index is 2.13. The smallest absolute Gasteiger partial charge is 0.130 e. The van der Waals surface area contributed by atoms with Gasteiger partial charge < -0.3 is 10.5 Å². The molecule has 0 aliphatic rings. The van der Waals surface area contributed by atoms with E-state index in [1.807, 2.05) is 30.8 Å². The van der Waals surface area contributed by atoms with E-state index in [2.05, 4.69) is 40.1 Å². The van der Waals surface area contributed by atoms with E-state index in [1.54, 1.807) is 0 Å². The van der Waals surface area contributed by atoms with Crippen LogP contribution in [0, 0.1) is 0 Å². The van der Waals surface area contributed by atoms with Crippen LogP contribution in [-0.2, 0) is 26.5 Å². The Morgan fingerprint density at radius 2 is 2.14 bits per heavy atom. The molecule has 114 valence electrons. The van der Waals surface area contributed by atoms with Gasteiger partial charge in [-0.05, 0) is 49.6 Å². The second-order valence-electron chi connectivity index (χ2n) is 5.33. The molecule has 1 atom stereocenters. The van der Waals surface area contributed by atoms with Gasteiger partial charge >= 0.3 is 0 Å². The molecule has 2 rings (SSSR count). The van der Waals surface area contributed by atoms with Gasteiger partial charge in [-0.25, -0.2) is 0 Å². The molecule has 0 spiro atoms. The van der Waals surface area contributed by atoms with Gasteiger partial charge in [0.2, 0.25) is 0 Å². The topological polar surface area (TPSA) is 53.1 Å². The van der Waals surface area contributed by atoms with Crippen LogP contribution in [-0.4, -0.2) is 15.8 Å². The van der Waals surface area contributed by atoms with Gasteiger partial charge in [-0.2, -0.15) is 5.10 Å². The summed E-state index contributed by atoms with van der Waals surface area (Å²) in [6, 6.07) is 8.23. The molecule has 2 N–H and O–H groups in total. The lowest BCUT2D eigenvalue weighted by atomic mass is 10.1. The van der Waals surface area contributed by atoms with Crippen LogP contribution >= 0.6 is 15.9 Å². The number of nitrogens with zero attached hydrogens (tertiary/aromatic N) is 2. The molecule has 4 nitrogen and oxygen atoms in total. The van der Waals surface area contributed by atoms with Gasteiger partial charge in [0.1, 0.15) is 12.4 Å². The second-order valence-corrected chi connectivity index (χ2v) is 6.24. The van der Waals surface area contributed by atoms with Gasteiger partial charge in [0, 0.05) is 17.6 Å². The van der Waals surface area contributed by atoms with Crippen LogP contribution in [0.5, 0.6) is 5.75 Å². The highest BCUT2D eigenvalue weighted by Crippen LogP contribution is 2.25. The summed E-state index contributed by atoms with van der Waals surface area (Å²) in [5.74, 6) is 0.884. The Morgan fingerprint density at radius 1 is 1.38 bits per heavy atom. The summed E-state index contributed by atoms with van der Waals surface area (Å²) >= 11 is 3.50. The zero-order valence-electron chi connectivity index (χ0n) is 12.8. The Bertz CT molecular complexity index is 608. The molecule has 1 heterocycles. The lowest BCUT2D eigenvalue weighted by molar-refractivity contribution is 0.291. The SMILES string of the molecule is CCc1cc(COc2ccc(Br)cc2CC(C)N)n(C)n1. The summed E-state index contributed by atoms with van der Waals surface area (Å²) in [4.78, 5) is 0. The predicted molar refractivity (Wildman–Crippen MR) is 88.4 cm³/mol. The molecule has 0 bridgehead atoms. The van der Waals surface area contributed by atoms with Gasteiger partial charge in [-0.3, -0.25) is 4.68 Å². The summed E-state index contributed by atoms with van der Waals surface area (Å²) < 4.78 is 8.90. The van der Waals surface area contributed by atoms with Crippen molar-refractivity contribution in [3.05, 3.63) is 45.7 Å². The first-order valence-corrected chi connectivity index (χ1v) is 7.97. The third-order valence-corrected chi connectivity index (χ3v) is 3.82. The van der Waals surface area contributed by atoms with Crippen molar-refractivity contribution in [3.63, 3.8) is 0 Å². The number of nitrogens with two attached hydrogens (primary N) is 1. The molecule has 0 amide bonds. The fraction of sp³-hybridized carbons (Fsp3) is 0.438. The first-order valence-electron chi connectivity index (χ1n) is 7.18. The van der Waals surface area contributed by atoms with Gasteiger partial charge in [-0.15, -0.1) is 0 Å². The predicted octanol–water partition coefficient (Wildman–Crippen LogP) is 3.21. The maximum Gasteiger partial charge on any atom is 0.130 e. The molecule has 1 unspecified atom stereocenters. The fourth-order valence-electron chi connectivity index (χ4n) is 2.23. The highest BCUT2D eigenvalue weighted by molar-refractivity contribution is 9.10. The summed E-state index contributed by atoms with van der Waals surface area (Å²) in [5, 5.41) is 4.44. The van der Waals surface area contributed by atoms with Crippen molar-refractivity contribution in [1.29, 1.82) is 0 Å². The molecule has 1 aromatic carbocycles. The average molecular weight is 352 g/mol. The van der Waals surface area contributed by atoms with Crippen molar-refractivity contribution in [2.75, 3.05) is 0 Å². The fourth-order valence-corrected chi connectivity index (χ4v) is 2.63. The average Bonchev–Trinajstić information content (AvgIpc) is 2.78. The second kappa shape index (κ2) is 7.09. The molecule has 0 aliphatic carbocycles. The van der Waals surface area contributed by atoms with E-state index in [4.69, 9.17) is 10.5 Å². The first-order chi connectivity index (χ1) is 9.99. The highest BCUT2D eigenvalue weighted by atomic mass is 79.9. The molecule has 1 aromatic heterocycles. The van der Waals surface area contributed by atoms with Crippen molar-refractivity contribution < 1.29 is 4.74 Å². The van der Waals surface area contributed by atoms with Crippen molar-refractivity contribution >= 4 is 15.9 Å². The molecule has 0 saturated carbocycles. The van der Waals surface area contributed by atoms with Crippen LogP contribution in [0.1, 0.15) is 30.8 Å². The number of hydrogen-bond acceptors (Lipinski definition) is 3. The van der Waals surface area contributed by atoms with Gasteiger partial charge in [-0.1, -0.05) is 22.9 Å². The minimum atomic E-state index is 0.102. The lowest BCUT2D eigenvalue weighted by Gasteiger charge is -2.13. The number of ether oxygens (including phenoxy) is 1. The standard InChI is InChI=1S/C16H22BrN3O/c1-4-14-9-15(20(3)19-14)10-21-16-6-5-13(17)8-12(16)7-11(2)18/h5-6,8-9,11H,4,7,10,18H2,1-3H3. The number of halogens is 1. The van der Waals surface area contributed by atoms with Crippen molar-refractivity contribution in [1.82, 2.24) is 9.78 Å². The van der Waals surface area contributed by atoms with Gasteiger partial charge in [0.15, 0.2) is 0 Å².